The second kappa shape index (κ2) is 3.91. The van der Waals surface area contributed by atoms with Gasteiger partial charge in [-0.1, -0.05) is 18.2 Å². The smallest absolute Gasteiger partial charge is 0.231 e. The summed E-state index contributed by atoms with van der Waals surface area (Å²) in [5, 5.41) is 3.01. The molecule has 1 saturated carbocycles. The molecule has 0 unspecified atom stereocenters. The van der Waals surface area contributed by atoms with Crippen molar-refractivity contribution in [3.05, 3.63) is 29.3 Å². The molecule has 0 atom stereocenters. The molecule has 1 aromatic rings. The van der Waals surface area contributed by atoms with Crippen LogP contribution in [0.1, 0.15) is 24.0 Å². The summed E-state index contributed by atoms with van der Waals surface area (Å²) >= 11 is 0. The molecule has 3 N–H and O–H groups in total. The van der Waals surface area contributed by atoms with E-state index in [1.54, 1.807) is 0 Å². The molecule has 1 fully saturated rings. The molecule has 16 heavy (non-hydrogen) atoms. The van der Waals surface area contributed by atoms with Gasteiger partial charge in [0.15, 0.2) is 0 Å². The van der Waals surface area contributed by atoms with Crippen molar-refractivity contribution in [3.63, 3.8) is 0 Å². The van der Waals surface area contributed by atoms with Crippen LogP contribution < -0.4 is 11.1 Å². The largest absolute Gasteiger partial charge is 0.329 e. The molecule has 0 bridgehead atoms. The molecule has 3 heteroatoms. The molecular formula is C13H18N2O. The van der Waals surface area contributed by atoms with Crippen LogP contribution in [-0.2, 0) is 4.79 Å². The lowest BCUT2D eigenvalue weighted by molar-refractivity contribution is -0.120. The normalized spacial score (nSPS) is 16.9. The van der Waals surface area contributed by atoms with Gasteiger partial charge in [0, 0.05) is 12.2 Å². The van der Waals surface area contributed by atoms with E-state index in [-0.39, 0.29) is 11.3 Å². The third-order valence-electron chi connectivity index (χ3n) is 3.45. The highest BCUT2D eigenvalue weighted by Crippen LogP contribution is 2.45. The van der Waals surface area contributed by atoms with Crippen LogP contribution in [0.5, 0.6) is 0 Å². The zero-order chi connectivity index (χ0) is 11.8. The maximum Gasteiger partial charge on any atom is 0.231 e. The number of nitrogens with one attached hydrogen (secondary N) is 1. The Balaban J connectivity index is 2.18. The van der Waals surface area contributed by atoms with Gasteiger partial charge in [0.1, 0.15) is 0 Å². The zero-order valence-electron chi connectivity index (χ0n) is 9.84. The van der Waals surface area contributed by atoms with Crippen LogP contribution in [0.2, 0.25) is 0 Å². The third-order valence-corrected chi connectivity index (χ3v) is 3.45. The number of benzene rings is 1. The Morgan fingerprint density at radius 3 is 2.38 bits per heavy atom. The van der Waals surface area contributed by atoms with Crippen LogP contribution in [0.3, 0.4) is 0 Å². The number of carbonyl (C=O) groups excluding carboxylic acids is 1. The standard InChI is InChI=1S/C13H18N2O/c1-9-4-3-5-10(2)11(9)15-12(16)13(8-14)6-7-13/h3-5H,6-8,14H2,1-2H3,(H,15,16). The molecule has 0 aromatic heterocycles. The third kappa shape index (κ3) is 1.83. The van der Waals surface area contributed by atoms with Gasteiger partial charge >= 0.3 is 0 Å². The molecule has 1 aliphatic rings. The lowest BCUT2D eigenvalue weighted by atomic mass is 10.0. The SMILES string of the molecule is Cc1cccc(C)c1NC(=O)C1(CN)CC1. The van der Waals surface area contributed by atoms with E-state index in [2.05, 4.69) is 5.32 Å². The number of rotatable bonds is 3. The Morgan fingerprint density at radius 2 is 1.94 bits per heavy atom. The Morgan fingerprint density at radius 1 is 1.38 bits per heavy atom. The summed E-state index contributed by atoms with van der Waals surface area (Å²) in [6.07, 6.45) is 1.83. The number of carbonyl (C=O) groups is 1. The first kappa shape index (κ1) is 11.1. The number of hydrogen-bond donors (Lipinski definition) is 2. The first-order valence-electron chi connectivity index (χ1n) is 5.67. The van der Waals surface area contributed by atoms with Gasteiger partial charge in [-0.15, -0.1) is 0 Å². The van der Waals surface area contributed by atoms with Gasteiger partial charge in [0.25, 0.3) is 0 Å². The molecule has 0 aliphatic heterocycles. The van der Waals surface area contributed by atoms with E-state index < -0.39 is 0 Å². The summed E-state index contributed by atoms with van der Waals surface area (Å²) in [6.45, 7) is 4.46. The van der Waals surface area contributed by atoms with Gasteiger partial charge in [-0.25, -0.2) is 0 Å². The van der Waals surface area contributed by atoms with E-state index in [9.17, 15) is 4.79 Å². The van der Waals surface area contributed by atoms with Crippen molar-refractivity contribution >= 4 is 11.6 Å². The molecule has 1 aromatic carbocycles. The van der Waals surface area contributed by atoms with E-state index in [4.69, 9.17) is 5.73 Å². The number of para-hydroxylation sites is 1. The number of amides is 1. The summed E-state index contributed by atoms with van der Waals surface area (Å²) in [7, 11) is 0. The molecule has 0 radical (unpaired) electrons. The van der Waals surface area contributed by atoms with Crippen LogP contribution in [0, 0.1) is 19.3 Å². The average molecular weight is 218 g/mol. The number of nitrogens with two attached hydrogens (primary N) is 1. The highest BCUT2D eigenvalue weighted by atomic mass is 16.2. The summed E-state index contributed by atoms with van der Waals surface area (Å²) < 4.78 is 0. The van der Waals surface area contributed by atoms with Gasteiger partial charge in [-0.05, 0) is 37.8 Å². The summed E-state index contributed by atoms with van der Waals surface area (Å²) in [5.74, 6) is 0.0763. The van der Waals surface area contributed by atoms with Crippen LogP contribution in [-0.4, -0.2) is 12.5 Å². The van der Waals surface area contributed by atoms with E-state index in [0.29, 0.717) is 6.54 Å². The second-order valence-corrected chi connectivity index (χ2v) is 4.71. The molecule has 86 valence electrons. The van der Waals surface area contributed by atoms with Gasteiger partial charge in [0.05, 0.1) is 5.41 Å². The van der Waals surface area contributed by atoms with E-state index in [1.165, 1.54) is 0 Å². The fourth-order valence-electron chi connectivity index (χ4n) is 1.93. The first-order chi connectivity index (χ1) is 7.59. The van der Waals surface area contributed by atoms with E-state index in [1.807, 2.05) is 32.0 Å². The first-order valence-corrected chi connectivity index (χ1v) is 5.67. The van der Waals surface area contributed by atoms with Crippen molar-refractivity contribution in [2.75, 3.05) is 11.9 Å². The Labute approximate surface area is 96.0 Å². The quantitative estimate of drug-likeness (QED) is 0.815. The van der Waals surface area contributed by atoms with Crippen LogP contribution in [0.4, 0.5) is 5.69 Å². The fourth-order valence-corrected chi connectivity index (χ4v) is 1.93. The Hall–Kier alpha value is -1.35. The lowest BCUT2D eigenvalue weighted by Crippen LogP contribution is -2.31. The van der Waals surface area contributed by atoms with Crippen molar-refractivity contribution in [2.45, 2.75) is 26.7 Å². The van der Waals surface area contributed by atoms with Crippen molar-refractivity contribution in [3.8, 4) is 0 Å². The van der Waals surface area contributed by atoms with Gasteiger partial charge in [0.2, 0.25) is 5.91 Å². The highest BCUT2D eigenvalue weighted by molar-refractivity contribution is 5.98. The minimum atomic E-state index is -0.283. The lowest BCUT2D eigenvalue weighted by Gasteiger charge is -2.16. The van der Waals surface area contributed by atoms with Gasteiger partial charge in [-0.2, -0.15) is 0 Å². The number of aryl methyl sites for hydroxylation is 2. The molecule has 0 heterocycles. The molecule has 0 saturated heterocycles. The highest BCUT2D eigenvalue weighted by Gasteiger charge is 2.48. The second-order valence-electron chi connectivity index (χ2n) is 4.71. The summed E-state index contributed by atoms with van der Waals surface area (Å²) in [4.78, 5) is 12.0. The molecular weight excluding hydrogens is 200 g/mol. The number of hydrogen-bond acceptors (Lipinski definition) is 2. The summed E-state index contributed by atoms with van der Waals surface area (Å²) in [5.41, 5.74) is 8.49. The van der Waals surface area contributed by atoms with E-state index in [0.717, 1.165) is 29.7 Å². The van der Waals surface area contributed by atoms with Gasteiger partial charge < -0.3 is 11.1 Å². The Kier molecular flexibility index (Phi) is 2.72. The minimum absolute atomic E-state index is 0.0763. The zero-order valence-corrected chi connectivity index (χ0v) is 9.84. The molecule has 3 nitrogen and oxygen atoms in total. The van der Waals surface area contributed by atoms with Crippen molar-refractivity contribution in [1.29, 1.82) is 0 Å². The maximum absolute atomic E-state index is 12.0. The van der Waals surface area contributed by atoms with Crippen LogP contribution in [0.25, 0.3) is 0 Å². The van der Waals surface area contributed by atoms with E-state index >= 15 is 0 Å². The maximum atomic E-state index is 12.0. The monoisotopic (exact) mass is 218 g/mol. The fraction of sp³-hybridized carbons (Fsp3) is 0.462. The average Bonchev–Trinajstić information content (AvgIpc) is 3.04. The summed E-state index contributed by atoms with van der Waals surface area (Å²) in [6, 6.07) is 6.01. The number of anilines is 1. The molecule has 1 amide bonds. The predicted octanol–water partition coefficient (Wildman–Crippen LogP) is 1.98. The van der Waals surface area contributed by atoms with Crippen molar-refractivity contribution in [2.24, 2.45) is 11.1 Å². The molecule has 0 spiro atoms. The van der Waals surface area contributed by atoms with Crippen LogP contribution >= 0.6 is 0 Å². The van der Waals surface area contributed by atoms with Gasteiger partial charge in [-0.3, -0.25) is 4.79 Å². The predicted molar refractivity (Wildman–Crippen MR) is 65.3 cm³/mol. The Bertz CT molecular complexity index is 402. The molecule has 2 rings (SSSR count). The van der Waals surface area contributed by atoms with Crippen molar-refractivity contribution < 1.29 is 4.79 Å². The minimum Gasteiger partial charge on any atom is -0.329 e. The molecule has 1 aliphatic carbocycles. The van der Waals surface area contributed by atoms with Crippen molar-refractivity contribution in [1.82, 2.24) is 0 Å². The van der Waals surface area contributed by atoms with Crippen LogP contribution in [0.15, 0.2) is 18.2 Å². The topological polar surface area (TPSA) is 55.1 Å².